The SMILES string of the molecule is CCc1ccc(CC)c(CNC(=O)c2ccc(CN(c3ccccc3)S(=O)(=O)c3ccccc3)cc2)c1. The van der Waals surface area contributed by atoms with Crippen LogP contribution in [0.15, 0.2) is 108 Å². The smallest absolute Gasteiger partial charge is 0.264 e. The van der Waals surface area contributed by atoms with Crippen molar-refractivity contribution in [1.29, 1.82) is 0 Å². The van der Waals surface area contributed by atoms with Crippen LogP contribution in [0.1, 0.15) is 46.5 Å². The van der Waals surface area contributed by atoms with Crippen LogP contribution >= 0.6 is 0 Å². The average Bonchev–Trinajstić information content (AvgIpc) is 2.95. The van der Waals surface area contributed by atoms with Crippen LogP contribution in [0.3, 0.4) is 0 Å². The Morgan fingerprint density at radius 3 is 1.97 bits per heavy atom. The zero-order chi connectivity index (χ0) is 26.3. The second kappa shape index (κ2) is 11.9. The predicted molar refractivity (Wildman–Crippen MR) is 149 cm³/mol. The first kappa shape index (κ1) is 26.2. The number of sulfonamides is 1. The van der Waals surface area contributed by atoms with E-state index >= 15 is 0 Å². The van der Waals surface area contributed by atoms with E-state index in [4.69, 9.17) is 0 Å². The summed E-state index contributed by atoms with van der Waals surface area (Å²) in [7, 11) is -3.78. The summed E-state index contributed by atoms with van der Waals surface area (Å²) >= 11 is 0. The molecule has 0 aliphatic rings. The van der Waals surface area contributed by atoms with Gasteiger partial charge in [0.15, 0.2) is 0 Å². The van der Waals surface area contributed by atoms with Gasteiger partial charge in [0.05, 0.1) is 17.1 Å². The lowest BCUT2D eigenvalue weighted by Gasteiger charge is -2.25. The Kier molecular flexibility index (Phi) is 8.41. The lowest BCUT2D eigenvalue weighted by atomic mass is 10.0. The Morgan fingerprint density at radius 2 is 1.35 bits per heavy atom. The van der Waals surface area contributed by atoms with E-state index in [1.807, 2.05) is 18.2 Å². The summed E-state index contributed by atoms with van der Waals surface area (Å²) in [5.41, 5.74) is 5.51. The number of amides is 1. The van der Waals surface area contributed by atoms with Crippen LogP contribution in [0.4, 0.5) is 5.69 Å². The van der Waals surface area contributed by atoms with Gasteiger partial charge >= 0.3 is 0 Å². The van der Waals surface area contributed by atoms with E-state index in [2.05, 4.69) is 37.4 Å². The molecule has 6 heteroatoms. The average molecular weight is 513 g/mol. The fraction of sp³-hybridized carbons (Fsp3) is 0.194. The predicted octanol–water partition coefficient (Wildman–Crippen LogP) is 6.14. The Bertz CT molecular complexity index is 1440. The number of benzene rings is 4. The monoisotopic (exact) mass is 512 g/mol. The standard InChI is InChI=1S/C31H32N2O3S/c1-3-24-15-18-26(4-2)28(21-24)22-32-31(34)27-19-16-25(17-20-27)23-33(29-11-7-5-8-12-29)37(35,36)30-13-9-6-10-14-30/h5-21H,3-4,22-23H2,1-2H3,(H,32,34). The Morgan fingerprint density at radius 1 is 0.730 bits per heavy atom. The number of para-hydroxylation sites is 1. The molecular weight excluding hydrogens is 480 g/mol. The number of hydrogen-bond acceptors (Lipinski definition) is 3. The van der Waals surface area contributed by atoms with Crippen LogP contribution < -0.4 is 9.62 Å². The van der Waals surface area contributed by atoms with Crippen LogP contribution in [0.25, 0.3) is 0 Å². The third kappa shape index (κ3) is 6.27. The molecule has 1 N–H and O–H groups in total. The van der Waals surface area contributed by atoms with Crippen molar-refractivity contribution >= 4 is 21.6 Å². The second-order valence-corrected chi connectivity index (χ2v) is 10.7. The van der Waals surface area contributed by atoms with Gasteiger partial charge in [-0.1, -0.05) is 80.6 Å². The van der Waals surface area contributed by atoms with Gasteiger partial charge < -0.3 is 5.32 Å². The lowest BCUT2D eigenvalue weighted by Crippen LogP contribution is -2.30. The van der Waals surface area contributed by atoms with Gasteiger partial charge in [0.25, 0.3) is 15.9 Å². The van der Waals surface area contributed by atoms with Crippen molar-refractivity contribution in [2.24, 2.45) is 0 Å². The number of hydrogen-bond donors (Lipinski definition) is 1. The molecule has 4 aromatic rings. The van der Waals surface area contributed by atoms with Crippen molar-refractivity contribution in [3.8, 4) is 0 Å². The molecule has 5 nitrogen and oxygen atoms in total. The van der Waals surface area contributed by atoms with E-state index in [1.165, 1.54) is 15.4 Å². The molecule has 0 aliphatic carbocycles. The topological polar surface area (TPSA) is 66.5 Å². The molecule has 0 fully saturated rings. The molecule has 0 aromatic heterocycles. The van der Waals surface area contributed by atoms with Gasteiger partial charge in [0, 0.05) is 12.1 Å². The summed E-state index contributed by atoms with van der Waals surface area (Å²) in [6, 6.07) is 31.0. The fourth-order valence-electron chi connectivity index (χ4n) is 4.24. The van der Waals surface area contributed by atoms with Gasteiger partial charge in [-0.3, -0.25) is 9.10 Å². The van der Waals surface area contributed by atoms with E-state index in [1.54, 1.807) is 66.7 Å². The van der Waals surface area contributed by atoms with Gasteiger partial charge in [-0.05, 0) is 71.5 Å². The van der Waals surface area contributed by atoms with Crippen LogP contribution in [0.2, 0.25) is 0 Å². The van der Waals surface area contributed by atoms with Gasteiger partial charge in [0.1, 0.15) is 0 Å². The van der Waals surface area contributed by atoms with Crippen LogP contribution in [0, 0.1) is 0 Å². The maximum absolute atomic E-state index is 13.5. The maximum Gasteiger partial charge on any atom is 0.264 e. The summed E-state index contributed by atoms with van der Waals surface area (Å²) in [6.07, 6.45) is 1.86. The number of nitrogens with one attached hydrogen (secondary N) is 1. The molecule has 0 heterocycles. The van der Waals surface area contributed by atoms with Crippen molar-refractivity contribution in [2.75, 3.05) is 4.31 Å². The number of anilines is 1. The third-order valence-corrected chi connectivity index (χ3v) is 8.20. The summed E-state index contributed by atoms with van der Waals surface area (Å²) in [5, 5.41) is 3.03. The Labute approximate surface area is 219 Å². The first-order valence-corrected chi connectivity index (χ1v) is 14.0. The molecule has 0 aliphatic heterocycles. The first-order valence-electron chi connectivity index (χ1n) is 12.5. The first-order chi connectivity index (χ1) is 17.9. The van der Waals surface area contributed by atoms with E-state index in [0.717, 1.165) is 24.0 Å². The molecular formula is C31H32N2O3S. The third-order valence-electron chi connectivity index (χ3n) is 6.42. The van der Waals surface area contributed by atoms with Crippen molar-refractivity contribution < 1.29 is 13.2 Å². The summed E-state index contributed by atoms with van der Waals surface area (Å²) in [4.78, 5) is 13.1. The van der Waals surface area contributed by atoms with Gasteiger partial charge in [-0.2, -0.15) is 0 Å². The summed E-state index contributed by atoms with van der Waals surface area (Å²) < 4.78 is 28.4. The molecule has 0 bridgehead atoms. The minimum atomic E-state index is -3.78. The molecule has 190 valence electrons. The Balaban J connectivity index is 1.51. The number of aryl methyl sites for hydroxylation is 2. The maximum atomic E-state index is 13.5. The van der Waals surface area contributed by atoms with Gasteiger partial charge in [-0.15, -0.1) is 0 Å². The van der Waals surface area contributed by atoms with E-state index in [-0.39, 0.29) is 17.3 Å². The largest absolute Gasteiger partial charge is 0.348 e. The van der Waals surface area contributed by atoms with E-state index in [9.17, 15) is 13.2 Å². The van der Waals surface area contributed by atoms with Crippen molar-refractivity contribution in [3.05, 3.63) is 131 Å². The van der Waals surface area contributed by atoms with Crippen LogP contribution in [-0.4, -0.2) is 14.3 Å². The number of nitrogens with zero attached hydrogens (tertiary/aromatic N) is 1. The van der Waals surface area contributed by atoms with Gasteiger partial charge in [-0.25, -0.2) is 8.42 Å². The highest BCUT2D eigenvalue weighted by Gasteiger charge is 2.25. The highest BCUT2D eigenvalue weighted by Crippen LogP contribution is 2.26. The van der Waals surface area contributed by atoms with E-state index < -0.39 is 10.0 Å². The zero-order valence-electron chi connectivity index (χ0n) is 21.2. The second-order valence-electron chi connectivity index (χ2n) is 8.85. The van der Waals surface area contributed by atoms with Crippen molar-refractivity contribution in [3.63, 3.8) is 0 Å². The normalized spacial score (nSPS) is 11.2. The van der Waals surface area contributed by atoms with Crippen LogP contribution in [0.5, 0.6) is 0 Å². The molecule has 1 amide bonds. The minimum Gasteiger partial charge on any atom is -0.348 e. The molecule has 4 rings (SSSR count). The summed E-state index contributed by atoms with van der Waals surface area (Å²) in [6.45, 7) is 4.85. The van der Waals surface area contributed by atoms with Gasteiger partial charge in [0.2, 0.25) is 0 Å². The fourth-order valence-corrected chi connectivity index (χ4v) is 5.72. The Hall–Kier alpha value is -3.90. The highest BCUT2D eigenvalue weighted by molar-refractivity contribution is 7.92. The highest BCUT2D eigenvalue weighted by atomic mass is 32.2. The molecule has 4 aromatic carbocycles. The molecule has 0 spiro atoms. The van der Waals surface area contributed by atoms with Crippen molar-refractivity contribution in [2.45, 2.75) is 44.7 Å². The molecule has 0 radical (unpaired) electrons. The van der Waals surface area contributed by atoms with Crippen LogP contribution in [-0.2, 0) is 36.0 Å². The number of carbonyl (C=O) groups is 1. The summed E-state index contributed by atoms with van der Waals surface area (Å²) in [5.74, 6) is -0.160. The molecule has 0 saturated heterocycles. The molecule has 0 unspecified atom stereocenters. The molecule has 0 atom stereocenters. The van der Waals surface area contributed by atoms with Crippen molar-refractivity contribution in [1.82, 2.24) is 5.32 Å². The molecule has 37 heavy (non-hydrogen) atoms. The lowest BCUT2D eigenvalue weighted by molar-refractivity contribution is 0.0951. The quantitative estimate of drug-likeness (QED) is 0.278. The zero-order valence-corrected chi connectivity index (χ0v) is 22.0. The minimum absolute atomic E-state index is 0.146. The van der Waals surface area contributed by atoms with E-state index in [0.29, 0.717) is 17.8 Å². The molecule has 0 saturated carbocycles. The number of rotatable bonds is 10. The number of carbonyl (C=O) groups excluding carboxylic acids is 1.